The molecule has 260 valence electrons. The number of benzene rings is 7. The first-order valence-electron chi connectivity index (χ1n) is 18.2. The highest BCUT2D eigenvalue weighted by Gasteiger charge is 2.23. The van der Waals surface area contributed by atoms with Crippen LogP contribution in [0.2, 0.25) is 0 Å². The van der Waals surface area contributed by atoms with Gasteiger partial charge in [-0.1, -0.05) is 152 Å². The fourth-order valence-corrected chi connectivity index (χ4v) is 7.12. The summed E-state index contributed by atoms with van der Waals surface area (Å²) < 4.78 is 6.35. The third kappa shape index (κ3) is 6.23. The highest BCUT2D eigenvalue weighted by Crippen LogP contribution is 2.39. The summed E-state index contributed by atoms with van der Waals surface area (Å²) in [5.74, 6) is 3.07. The number of hydrogen-bond donors (Lipinski definition) is 1. The Kier molecular flexibility index (Phi) is 8.07. The summed E-state index contributed by atoms with van der Waals surface area (Å²) in [5, 5.41) is 5.76. The quantitative estimate of drug-likeness (QED) is 0.178. The van der Waals surface area contributed by atoms with Crippen molar-refractivity contribution in [3.63, 3.8) is 0 Å². The van der Waals surface area contributed by atoms with E-state index in [1.165, 1.54) is 0 Å². The molecule has 1 aliphatic heterocycles. The lowest BCUT2D eigenvalue weighted by molar-refractivity contribution is 0.669. The molecular formula is C48H32N6O. The van der Waals surface area contributed by atoms with Gasteiger partial charge in [0.2, 0.25) is 0 Å². The normalized spacial score (nSPS) is 14.0. The lowest BCUT2D eigenvalue weighted by atomic mass is 9.95. The summed E-state index contributed by atoms with van der Waals surface area (Å²) in [6, 6.07) is 61.2. The number of aliphatic imine (C=N–C) groups is 2. The van der Waals surface area contributed by atoms with Gasteiger partial charge in [-0.15, -0.1) is 0 Å². The third-order valence-electron chi connectivity index (χ3n) is 9.77. The maximum Gasteiger partial charge on any atom is 0.164 e. The number of aromatic nitrogens is 3. The number of fused-ring (bicyclic) bond motifs is 3. The minimum absolute atomic E-state index is 0.358. The van der Waals surface area contributed by atoms with Crippen molar-refractivity contribution >= 4 is 33.6 Å². The van der Waals surface area contributed by atoms with E-state index in [1.807, 2.05) is 140 Å². The van der Waals surface area contributed by atoms with Gasteiger partial charge in [-0.05, 0) is 47.0 Å². The molecule has 0 fully saturated rings. The monoisotopic (exact) mass is 708 g/mol. The van der Waals surface area contributed by atoms with Crippen LogP contribution in [0.25, 0.3) is 67.2 Å². The summed E-state index contributed by atoms with van der Waals surface area (Å²) in [5.41, 5.74) is 9.12. The molecule has 10 rings (SSSR count). The van der Waals surface area contributed by atoms with Crippen molar-refractivity contribution in [1.29, 1.82) is 0 Å². The number of nitrogens with zero attached hydrogens (tertiary/aromatic N) is 5. The van der Waals surface area contributed by atoms with Gasteiger partial charge in [-0.2, -0.15) is 0 Å². The molecule has 7 heteroatoms. The van der Waals surface area contributed by atoms with Crippen LogP contribution < -0.4 is 5.32 Å². The summed E-state index contributed by atoms with van der Waals surface area (Å²) in [6.45, 7) is 0. The molecular weight excluding hydrogens is 677 g/mol. The SMILES string of the molecule is c1ccc(C2=NC(c3ccccc3)NC(c3cc(-c4nc(-c5ccccc5)nc(-c5ccccc5)n4)cc(-c4cccc5oc6ccccc6c45)c3)=N2)cc1. The molecule has 1 aliphatic rings. The van der Waals surface area contributed by atoms with E-state index < -0.39 is 0 Å². The Balaban J connectivity index is 1.22. The standard InChI is InChI=1S/C48H32N6O/c1-5-16-31(17-6-1)43-49-44(32-18-7-2-8-19-32)52-47(51-43)36-28-35(38-25-15-27-41-42(38)39-24-13-14-26-40(39)55-41)29-37(30-36)48-53-45(33-20-9-3-10-21-33)50-46(54-48)34-22-11-4-12-23-34/h1-30,43H,(H,49,51,52). The Morgan fingerprint density at radius 2 is 0.964 bits per heavy atom. The van der Waals surface area contributed by atoms with Crippen LogP contribution in [0.1, 0.15) is 22.9 Å². The van der Waals surface area contributed by atoms with E-state index in [9.17, 15) is 0 Å². The molecule has 55 heavy (non-hydrogen) atoms. The molecule has 3 heterocycles. The van der Waals surface area contributed by atoms with E-state index in [1.54, 1.807) is 0 Å². The summed E-state index contributed by atoms with van der Waals surface area (Å²) in [4.78, 5) is 25.5. The Labute approximate surface area is 317 Å². The molecule has 0 amide bonds. The van der Waals surface area contributed by atoms with Gasteiger partial charge in [-0.25, -0.2) is 24.9 Å². The van der Waals surface area contributed by atoms with E-state index >= 15 is 0 Å². The zero-order valence-electron chi connectivity index (χ0n) is 29.5. The van der Waals surface area contributed by atoms with Crippen LogP contribution in [0.5, 0.6) is 0 Å². The predicted octanol–water partition coefficient (Wildman–Crippen LogP) is 10.9. The summed E-state index contributed by atoms with van der Waals surface area (Å²) >= 11 is 0. The maximum absolute atomic E-state index is 6.35. The first kappa shape index (κ1) is 32.2. The van der Waals surface area contributed by atoms with Crippen LogP contribution in [0, 0.1) is 0 Å². The molecule has 0 bridgehead atoms. The van der Waals surface area contributed by atoms with Gasteiger partial charge in [0.05, 0.1) is 0 Å². The van der Waals surface area contributed by atoms with Crippen molar-refractivity contribution in [3.8, 4) is 45.3 Å². The third-order valence-corrected chi connectivity index (χ3v) is 9.77. The molecule has 1 unspecified atom stereocenters. The minimum Gasteiger partial charge on any atom is -0.456 e. The minimum atomic E-state index is -0.358. The summed E-state index contributed by atoms with van der Waals surface area (Å²) in [7, 11) is 0. The van der Waals surface area contributed by atoms with Gasteiger partial charge in [-0.3, -0.25) is 0 Å². The van der Waals surface area contributed by atoms with Crippen LogP contribution in [-0.2, 0) is 0 Å². The maximum atomic E-state index is 6.35. The van der Waals surface area contributed by atoms with Crippen LogP contribution in [-0.4, -0.2) is 26.6 Å². The molecule has 1 atom stereocenters. The zero-order valence-corrected chi connectivity index (χ0v) is 29.5. The lowest BCUT2D eigenvalue weighted by Crippen LogP contribution is -2.33. The molecule has 0 spiro atoms. The highest BCUT2D eigenvalue weighted by atomic mass is 16.3. The number of nitrogens with one attached hydrogen (secondary N) is 1. The van der Waals surface area contributed by atoms with E-state index in [0.29, 0.717) is 29.1 Å². The topological polar surface area (TPSA) is 88.6 Å². The second-order valence-electron chi connectivity index (χ2n) is 13.4. The van der Waals surface area contributed by atoms with E-state index in [-0.39, 0.29) is 6.17 Å². The van der Waals surface area contributed by atoms with Crippen molar-refractivity contribution in [2.24, 2.45) is 9.98 Å². The Morgan fingerprint density at radius 1 is 0.436 bits per heavy atom. The van der Waals surface area contributed by atoms with Crippen molar-refractivity contribution < 1.29 is 4.42 Å². The fraction of sp³-hybridized carbons (Fsp3) is 0.0208. The van der Waals surface area contributed by atoms with Crippen molar-refractivity contribution in [1.82, 2.24) is 20.3 Å². The molecule has 1 N–H and O–H groups in total. The molecule has 2 aromatic heterocycles. The van der Waals surface area contributed by atoms with E-state index in [2.05, 4.69) is 47.8 Å². The summed E-state index contributed by atoms with van der Waals surface area (Å²) in [6.07, 6.45) is -0.358. The molecule has 7 aromatic carbocycles. The number of amidine groups is 2. The molecule has 7 nitrogen and oxygen atoms in total. The van der Waals surface area contributed by atoms with Crippen LogP contribution in [0.15, 0.2) is 196 Å². The van der Waals surface area contributed by atoms with Crippen LogP contribution in [0.4, 0.5) is 0 Å². The van der Waals surface area contributed by atoms with Gasteiger partial charge >= 0.3 is 0 Å². The Morgan fingerprint density at radius 3 is 1.64 bits per heavy atom. The number of furan rings is 1. The first-order valence-corrected chi connectivity index (χ1v) is 18.2. The molecule has 9 aromatic rings. The average Bonchev–Trinajstić information content (AvgIpc) is 3.66. The van der Waals surface area contributed by atoms with Crippen LogP contribution in [0.3, 0.4) is 0 Å². The number of rotatable bonds is 7. The van der Waals surface area contributed by atoms with Gasteiger partial charge in [0.15, 0.2) is 23.3 Å². The van der Waals surface area contributed by atoms with Gasteiger partial charge in [0, 0.05) is 38.6 Å². The van der Waals surface area contributed by atoms with Gasteiger partial charge < -0.3 is 9.73 Å². The second-order valence-corrected chi connectivity index (χ2v) is 13.4. The first-order chi connectivity index (χ1) is 27.2. The van der Waals surface area contributed by atoms with Crippen LogP contribution >= 0.6 is 0 Å². The van der Waals surface area contributed by atoms with Gasteiger partial charge in [0.1, 0.15) is 23.2 Å². The lowest BCUT2D eigenvalue weighted by Gasteiger charge is -2.24. The van der Waals surface area contributed by atoms with E-state index in [4.69, 9.17) is 29.4 Å². The number of para-hydroxylation sites is 1. The molecule has 0 aliphatic carbocycles. The molecule has 0 saturated heterocycles. The average molecular weight is 709 g/mol. The second kappa shape index (κ2) is 13.8. The largest absolute Gasteiger partial charge is 0.456 e. The van der Waals surface area contributed by atoms with E-state index in [0.717, 1.165) is 66.4 Å². The Hall–Kier alpha value is -7.51. The smallest absolute Gasteiger partial charge is 0.164 e. The predicted molar refractivity (Wildman–Crippen MR) is 221 cm³/mol. The zero-order chi connectivity index (χ0) is 36.6. The highest BCUT2D eigenvalue weighted by molar-refractivity contribution is 6.15. The number of hydrogen-bond acceptors (Lipinski definition) is 7. The Bertz CT molecular complexity index is 2830. The van der Waals surface area contributed by atoms with Crippen molar-refractivity contribution in [3.05, 3.63) is 199 Å². The fourth-order valence-electron chi connectivity index (χ4n) is 7.12. The molecule has 0 radical (unpaired) electrons. The van der Waals surface area contributed by atoms with Gasteiger partial charge in [0.25, 0.3) is 0 Å². The molecule has 0 saturated carbocycles. The van der Waals surface area contributed by atoms with Crippen molar-refractivity contribution in [2.45, 2.75) is 6.17 Å². The van der Waals surface area contributed by atoms with Crippen molar-refractivity contribution in [2.75, 3.05) is 0 Å².